The van der Waals surface area contributed by atoms with E-state index in [1.54, 1.807) is 10.9 Å². The van der Waals surface area contributed by atoms with Crippen molar-refractivity contribution in [3.8, 4) is 0 Å². The number of fused-ring (bicyclic) bond motifs is 1. The summed E-state index contributed by atoms with van der Waals surface area (Å²) in [5.41, 5.74) is 2.80. The van der Waals surface area contributed by atoms with Gasteiger partial charge in [-0.25, -0.2) is 4.98 Å². The summed E-state index contributed by atoms with van der Waals surface area (Å²) in [5.74, 6) is 0.926. The van der Waals surface area contributed by atoms with Gasteiger partial charge in [-0.3, -0.25) is 9.36 Å². The van der Waals surface area contributed by atoms with Crippen LogP contribution < -0.4 is 15.4 Å². The van der Waals surface area contributed by atoms with Gasteiger partial charge in [-0.1, -0.05) is 0 Å². The quantitative estimate of drug-likeness (QED) is 0.711. The number of nitrogens with zero attached hydrogens (tertiary/aromatic N) is 6. The van der Waals surface area contributed by atoms with Crippen molar-refractivity contribution in [1.82, 2.24) is 19.7 Å². The second kappa shape index (κ2) is 6.98. The second-order valence-electron chi connectivity index (χ2n) is 7.26. The zero-order valence-corrected chi connectivity index (χ0v) is 16.0. The van der Waals surface area contributed by atoms with E-state index in [9.17, 15) is 4.79 Å². The minimum atomic E-state index is 0.0179. The van der Waals surface area contributed by atoms with Crippen molar-refractivity contribution in [2.24, 2.45) is 0 Å². The molecule has 7 nitrogen and oxygen atoms in total. The van der Waals surface area contributed by atoms with Crippen molar-refractivity contribution in [2.75, 3.05) is 36.0 Å². The topological polar surface area (TPSA) is 67.2 Å². The van der Waals surface area contributed by atoms with Crippen LogP contribution in [0.3, 0.4) is 0 Å². The molecule has 1 fully saturated rings. The van der Waals surface area contributed by atoms with Crippen molar-refractivity contribution in [3.05, 3.63) is 52.7 Å². The summed E-state index contributed by atoms with van der Waals surface area (Å²) in [6, 6.07) is 10.1. The molecule has 2 aromatic heterocycles. The Balaban J connectivity index is 1.53. The number of piperazine rings is 1. The first-order valence-electron chi connectivity index (χ1n) is 9.34. The van der Waals surface area contributed by atoms with Gasteiger partial charge < -0.3 is 9.80 Å². The van der Waals surface area contributed by atoms with E-state index in [0.29, 0.717) is 5.39 Å². The van der Waals surface area contributed by atoms with Crippen molar-refractivity contribution < 1.29 is 0 Å². The van der Waals surface area contributed by atoms with E-state index in [1.165, 1.54) is 0 Å². The number of aromatic nitrogens is 4. The minimum absolute atomic E-state index is 0.0179. The molecular formula is C20H24N6O. The van der Waals surface area contributed by atoms with Crippen molar-refractivity contribution >= 4 is 22.4 Å². The van der Waals surface area contributed by atoms with Crippen LogP contribution in [0.5, 0.6) is 0 Å². The van der Waals surface area contributed by atoms with Gasteiger partial charge in [-0.15, -0.1) is 5.10 Å². The monoisotopic (exact) mass is 364 g/mol. The molecule has 0 N–H and O–H groups in total. The molecule has 3 heterocycles. The molecule has 7 heteroatoms. The molecule has 1 aromatic carbocycles. The van der Waals surface area contributed by atoms with Crippen LogP contribution in [-0.4, -0.2) is 45.9 Å². The first-order valence-corrected chi connectivity index (χ1v) is 9.34. The molecular weight excluding hydrogens is 340 g/mol. The van der Waals surface area contributed by atoms with E-state index in [0.717, 1.165) is 48.9 Å². The number of hydrogen-bond acceptors (Lipinski definition) is 6. The number of anilines is 2. The van der Waals surface area contributed by atoms with Gasteiger partial charge in [0.2, 0.25) is 0 Å². The molecule has 3 aromatic rings. The summed E-state index contributed by atoms with van der Waals surface area (Å²) in [6.07, 6.45) is 1.65. The molecule has 27 heavy (non-hydrogen) atoms. The van der Waals surface area contributed by atoms with Crippen LogP contribution in [-0.2, 0) is 0 Å². The number of aryl methyl sites for hydroxylation is 1. The third kappa shape index (κ3) is 3.37. The molecule has 0 saturated carbocycles. The maximum Gasteiger partial charge on any atom is 0.261 e. The maximum atomic E-state index is 12.6. The summed E-state index contributed by atoms with van der Waals surface area (Å²) in [6.45, 7) is 9.48. The highest BCUT2D eigenvalue weighted by molar-refractivity contribution is 5.81. The lowest BCUT2D eigenvalue weighted by Crippen LogP contribution is -2.46. The van der Waals surface area contributed by atoms with Crippen molar-refractivity contribution in [1.29, 1.82) is 0 Å². The third-order valence-corrected chi connectivity index (χ3v) is 5.08. The molecule has 140 valence electrons. The lowest BCUT2D eigenvalue weighted by atomic mass is 10.2. The van der Waals surface area contributed by atoms with Crippen LogP contribution in [0.25, 0.3) is 10.9 Å². The second-order valence-corrected chi connectivity index (χ2v) is 7.26. The first kappa shape index (κ1) is 17.5. The van der Waals surface area contributed by atoms with E-state index in [1.807, 2.05) is 51.1 Å². The fourth-order valence-corrected chi connectivity index (χ4v) is 3.44. The lowest BCUT2D eigenvalue weighted by Gasteiger charge is -2.36. The summed E-state index contributed by atoms with van der Waals surface area (Å²) in [7, 11) is 0. The normalized spacial score (nSPS) is 15.0. The predicted molar refractivity (Wildman–Crippen MR) is 108 cm³/mol. The Bertz CT molecular complexity index is 1000. The number of rotatable bonds is 3. The Labute approximate surface area is 158 Å². The fourth-order valence-electron chi connectivity index (χ4n) is 3.44. The van der Waals surface area contributed by atoms with Crippen LogP contribution >= 0.6 is 0 Å². The molecule has 1 aliphatic heterocycles. The Kier molecular flexibility index (Phi) is 4.51. The zero-order valence-electron chi connectivity index (χ0n) is 16.0. The average molecular weight is 364 g/mol. The van der Waals surface area contributed by atoms with Gasteiger partial charge in [-0.05, 0) is 51.1 Å². The Morgan fingerprint density at radius 3 is 2.37 bits per heavy atom. The summed E-state index contributed by atoms with van der Waals surface area (Å²) < 4.78 is 1.67. The molecule has 0 unspecified atom stereocenters. The van der Waals surface area contributed by atoms with Crippen LogP contribution in [0.4, 0.5) is 11.5 Å². The zero-order chi connectivity index (χ0) is 19.0. The summed E-state index contributed by atoms with van der Waals surface area (Å²) in [4.78, 5) is 21.6. The Morgan fingerprint density at radius 2 is 1.70 bits per heavy atom. The van der Waals surface area contributed by atoms with E-state index in [-0.39, 0.29) is 11.6 Å². The standard InChI is InChI=1S/C20H24N6O/c1-14(2)26-13-21-18-12-16(5-6-17(18)20(26)27)24-8-10-25(11-9-24)19-7-4-15(3)22-23-19/h4-7,12-14H,8-11H2,1-3H3. The van der Waals surface area contributed by atoms with Gasteiger partial charge in [0.15, 0.2) is 5.82 Å². The van der Waals surface area contributed by atoms with E-state index >= 15 is 0 Å². The largest absolute Gasteiger partial charge is 0.368 e. The lowest BCUT2D eigenvalue weighted by molar-refractivity contribution is 0.573. The minimum Gasteiger partial charge on any atom is -0.368 e. The predicted octanol–water partition coefficient (Wildman–Crippen LogP) is 2.40. The van der Waals surface area contributed by atoms with Crippen LogP contribution in [0, 0.1) is 6.92 Å². The van der Waals surface area contributed by atoms with E-state index in [2.05, 4.69) is 25.0 Å². The number of hydrogen-bond donors (Lipinski definition) is 0. The molecule has 0 atom stereocenters. The van der Waals surface area contributed by atoms with Gasteiger partial charge >= 0.3 is 0 Å². The number of benzene rings is 1. The SMILES string of the molecule is Cc1ccc(N2CCN(c3ccc4c(=O)n(C(C)C)cnc4c3)CC2)nn1. The molecule has 0 aliphatic carbocycles. The summed E-state index contributed by atoms with van der Waals surface area (Å²) >= 11 is 0. The Hall–Kier alpha value is -2.96. The van der Waals surface area contributed by atoms with Gasteiger partial charge in [0.05, 0.1) is 22.9 Å². The maximum absolute atomic E-state index is 12.6. The molecule has 0 bridgehead atoms. The highest BCUT2D eigenvalue weighted by Crippen LogP contribution is 2.22. The van der Waals surface area contributed by atoms with Gasteiger partial charge in [0, 0.05) is 37.9 Å². The summed E-state index contributed by atoms with van der Waals surface area (Å²) in [5, 5.41) is 9.10. The Morgan fingerprint density at radius 1 is 0.963 bits per heavy atom. The van der Waals surface area contributed by atoms with Crippen molar-refractivity contribution in [3.63, 3.8) is 0 Å². The first-order chi connectivity index (χ1) is 13.0. The van der Waals surface area contributed by atoms with Crippen LogP contribution in [0.2, 0.25) is 0 Å². The van der Waals surface area contributed by atoms with Gasteiger partial charge in [0.1, 0.15) is 0 Å². The van der Waals surface area contributed by atoms with Gasteiger partial charge in [-0.2, -0.15) is 5.10 Å². The fraction of sp³-hybridized carbons (Fsp3) is 0.400. The van der Waals surface area contributed by atoms with Gasteiger partial charge in [0.25, 0.3) is 5.56 Å². The smallest absolute Gasteiger partial charge is 0.261 e. The molecule has 0 amide bonds. The van der Waals surface area contributed by atoms with Crippen LogP contribution in [0.1, 0.15) is 25.6 Å². The third-order valence-electron chi connectivity index (χ3n) is 5.08. The molecule has 1 aliphatic rings. The van der Waals surface area contributed by atoms with Crippen LogP contribution in [0.15, 0.2) is 41.5 Å². The molecule has 0 radical (unpaired) electrons. The van der Waals surface area contributed by atoms with E-state index in [4.69, 9.17) is 0 Å². The van der Waals surface area contributed by atoms with E-state index < -0.39 is 0 Å². The highest BCUT2D eigenvalue weighted by Gasteiger charge is 2.19. The van der Waals surface area contributed by atoms with Crippen molar-refractivity contribution in [2.45, 2.75) is 26.8 Å². The molecule has 4 rings (SSSR count). The highest BCUT2D eigenvalue weighted by atomic mass is 16.1. The molecule has 1 saturated heterocycles. The molecule has 0 spiro atoms. The average Bonchev–Trinajstić information content (AvgIpc) is 2.68.